The molecule has 302 valence electrons. The molecule has 0 aromatic carbocycles. The van der Waals surface area contributed by atoms with Crippen molar-refractivity contribution < 1.29 is 43.0 Å². The Bertz CT molecular complexity index is 992. The fourth-order valence-corrected chi connectivity index (χ4v) is 5.90. The van der Waals surface area contributed by atoms with Gasteiger partial charge in [0.05, 0.1) is 26.4 Å². The van der Waals surface area contributed by atoms with Crippen molar-refractivity contribution >= 4 is 13.8 Å². The number of phosphoric acid groups is 1. The van der Waals surface area contributed by atoms with Crippen molar-refractivity contribution in [3.63, 3.8) is 0 Å². The molecular formula is C42H75O9P. The minimum atomic E-state index is -4.52. The van der Waals surface area contributed by atoms with E-state index >= 15 is 0 Å². The van der Waals surface area contributed by atoms with Gasteiger partial charge < -0.3 is 24.6 Å². The molecule has 3 atom stereocenters. The van der Waals surface area contributed by atoms with Gasteiger partial charge in [0.2, 0.25) is 0 Å². The smallest absolute Gasteiger partial charge is 0.457 e. The lowest BCUT2D eigenvalue weighted by Gasteiger charge is -2.20. The van der Waals surface area contributed by atoms with Crippen LogP contribution in [0.15, 0.2) is 60.8 Å². The minimum absolute atomic E-state index is 0.0357. The summed E-state index contributed by atoms with van der Waals surface area (Å²) in [7, 11) is -4.52. The molecule has 0 aliphatic rings. The average Bonchev–Trinajstić information content (AvgIpc) is 3.13. The number of hydrogen-bond donors (Lipinski definition) is 3. The van der Waals surface area contributed by atoms with Crippen molar-refractivity contribution in [2.75, 3.05) is 33.0 Å². The van der Waals surface area contributed by atoms with E-state index < -0.39 is 39.2 Å². The molecule has 3 N–H and O–H groups in total. The van der Waals surface area contributed by atoms with E-state index in [0.29, 0.717) is 13.0 Å². The highest BCUT2D eigenvalue weighted by atomic mass is 31.2. The Kier molecular flexibility index (Phi) is 37.5. The topological polar surface area (TPSA) is 132 Å². The zero-order chi connectivity index (χ0) is 38.2. The maximum atomic E-state index is 12.6. The monoisotopic (exact) mass is 755 g/mol. The standard InChI is InChI=1S/C42H75O9P/c1-3-5-7-9-11-13-15-17-18-19-20-21-23-25-27-29-31-33-35-48-38-41(39-50-52(46,47)49-37-40(44)36-43)51-42(45)34-32-30-28-26-24-22-16-14-12-10-8-6-4-2/h5,7-8,10-11,13-14,16-18,40-41,43-44H,3-4,6,9,12,15,19-39H2,1-2H3,(H,46,47)/b7-5-,10-8-,13-11-,16-14-,18-17-. The van der Waals surface area contributed by atoms with Crippen molar-refractivity contribution in [2.24, 2.45) is 0 Å². The normalized spacial score (nSPS) is 14.8. The van der Waals surface area contributed by atoms with Gasteiger partial charge in [-0.05, 0) is 70.6 Å². The summed E-state index contributed by atoms with van der Waals surface area (Å²) in [6.07, 6.45) is 43.2. The highest BCUT2D eigenvalue weighted by molar-refractivity contribution is 7.47. The first-order valence-corrected chi connectivity index (χ1v) is 21.8. The molecule has 0 fully saturated rings. The van der Waals surface area contributed by atoms with Crippen LogP contribution in [0.1, 0.15) is 155 Å². The van der Waals surface area contributed by atoms with Gasteiger partial charge in [-0.1, -0.05) is 139 Å². The number of esters is 1. The van der Waals surface area contributed by atoms with E-state index in [9.17, 15) is 19.4 Å². The van der Waals surface area contributed by atoms with Crippen LogP contribution in [0.4, 0.5) is 0 Å². The van der Waals surface area contributed by atoms with E-state index in [2.05, 4.69) is 74.6 Å². The zero-order valence-corrected chi connectivity index (χ0v) is 33.7. The van der Waals surface area contributed by atoms with Gasteiger partial charge in [0.15, 0.2) is 0 Å². The number of aliphatic hydroxyl groups excluding tert-OH is 2. The Morgan fingerprint density at radius 1 is 0.615 bits per heavy atom. The number of hydrogen-bond acceptors (Lipinski definition) is 8. The predicted molar refractivity (Wildman–Crippen MR) is 214 cm³/mol. The van der Waals surface area contributed by atoms with Gasteiger partial charge in [-0.3, -0.25) is 13.8 Å². The first-order valence-electron chi connectivity index (χ1n) is 20.3. The molecule has 0 aliphatic heterocycles. The Morgan fingerprint density at radius 3 is 1.65 bits per heavy atom. The molecule has 0 aliphatic carbocycles. The lowest BCUT2D eigenvalue weighted by atomic mass is 10.1. The van der Waals surface area contributed by atoms with E-state index in [4.69, 9.17) is 23.6 Å². The van der Waals surface area contributed by atoms with Crippen LogP contribution in [-0.4, -0.2) is 66.3 Å². The molecule has 0 bridgehead atoms. The highest BCUT2D eigenvalue weighted by Crippen LogP contribution is 2.43. The molecule has 3 unspecified atom stereocenters. The van der Waals surface area contributed by atoms with Gasteiger partial charge in [-0.25, -0.2) is 4.57 Å². The van der Waals surface area contributed by atoms with Crippen LogP contribution < -0.4 is 0 Å². The number of phosphoric ester groups is 1. The van der Waals surface area contributed by atoms with E-state index in [1.54, 1.807) is 0 Å². The van der Waals surface area contributed by atoms with E-state index in [1.165, 1.54) is 38.5 Å². The molecule has 0 radical (unpaired) electrons. The molecule has 10 heteroatoms. The molecule has 9 nitrogen and oxygen atoms in total. The van der Waals surface area contributed by atoms with Crippen molar-refractivity contribution in [1.82, 2.24) is 0 Å². The Morgan fingerprint density at radius 2 is 1.10 bits per heavy atom. The zero-order valence-electron chi connectivity index (χ0n) is 32.8. The van der Waals surface area contributed by atoms with Crippen LogP contribution in [0.3, 0.4) is 0 Å². The van der Waals surface area contributed by atoms with Crippen LogP contribution in [0.5, 0.6) is 0 Å². The molecule has 0 rings (SSSR count). The van der Waals surface area contributed by atoms with Crippen molar-refractivity contribution in [3.05, 3.63) is 60.8 Å². The van der Waals surface area contributed by atoms with Gasteiger partial charge in [-0.15, -0.1) is 0 Å². The lowest BCUT2D eigenvalue weighted by Crippen LogP contribution is -2.29. The summed E-state index contributed by atoms with van der Waals surface area (Å²) in [6, 6.07) is 0. The molecule has 0 saturated carbocycles. The third-order valence-corrected chi connectivity index (χ3v) is 9.12. The molecular weight excluding hydrogens is 679 g/mol. The SMILES string of the molecule is CC/C=C\C/C=C\C/C=C\CCCCCCCCCCOCC(COP(=O)(O)OCC(O)CO)OC(=O)CCCCCCC/C=C\C/C=C\CCC. The van der Waals surface area contributed by atoms with E-state index in [-0.39, 0.29) is 19.6 Å². The molecule has 0 aromatic rings. The van der Waals surface area contributed by atoms with E-state index in [0.717, 1.165) is 89.9 Å². The quantitative estimate of drug-likeness (QED) is 0.0244. The molecule has 0 heterocycles. The van der Waals surface area contributed by atoms with Crippen molar-refractivity contribution in [3.8, 4) is 0 Å². The van der Waals surface area contributed by atoms with E-state index in [1.807, 2.05) is 0 Å². The van der Waals surface area contributed by atoms with Gasteiger partial charge in [0.1, 0.15) is 12.2 Å². The first kappa shape index (κ1) is 50.2. The fourth-order valence-electron chi connectivity index (χ4n) is 5.11. The highest BCUT2D eigenvalue weighted by Gasteiger charge is 2.26. The van der Waals surface area contributed by atoms with Crippen LogP contribution in [0.25, 0.3) is 0 Å². The Labute approximate surface area is 317 Å². The number of carbonyl (C=O) groups is 1. The maximum Gasteiger partial charge on any atom is 0.472 e. The number of rotatable bonds is 38. The summed E-state index contributed by atoms with van der Waals surface area (Å²) < 4.78 is 33.3. The maximum absolute atomic E-state index is 12.6. The second-order valence-corrected chi connectivity index (χ2v) is 14.7. The molecule has 0 spiro atoms. The second kappa shape index (κ2) is 38.9. The van der Waals surface area contributed by atoms with Crippen LogP contribution in [0, 0.1) is 0 Å². The second-order valence-electron chi connectivity index (χ2n) is 13.3. The summed E-state index contributed by atoms with van der Waals surface area (Å²) >= 11 is 0. The third kappa shape index (κ3) is 37.9. The summed E-state index contributed by atoms with van der Waals surface area (Å²) in [5.74, 6) is -0.403. The minimum Gasteiger partial charge on any atom is -0.457 e. The summed E-state index contributed by atoms with van der Waals surface area (Å²) in [6.45, 7) is 3.29. The number of ether oxygens (including phenoxy) is 2. The summed E-state index contributed by atoms with van der Waals surface area (Å²) in [4.78, 5) is 22.5. The predicted octanol–water partition coefficient (Wildman–Crippen LogP) is 10.8. The molecule has 0 saturated heterocycles. The average molecular weight is 755 g/mol. The molecule has 0 amide bonds. The van der Waals surface area contributed by atoms with Crippen LogP contribution >= 0.6 is 7.82 Å². The largest absolute Gasteiger partial charge is 0.472 e. The Hall–Kier alpha value is -1.84. The van der Waals surface area contributed by atoms with Gasteiger partial charge in [0, 0.05) is 13.0 Å². The van der Waals surface area contributed by atoms with Crippen LogP contribution in [0.2, 0.25) is 0 Å². The Balaban J connectivity index is 4.22. The molecule has 52 heavy (non-hydrogen) atoms. The van der Waals surface area contributed by atoms with Gasteiger partial charge in [0.25, 0.3) is 0 Å². The summed E-state index contributed by atoms with van der Waals surface area (Å²) in [5.41, 5.74) is 0. The third-order valence-electron chi connectivity index (χ3n) is 8.17. The fraction of sp³-hybridized carbons (Fsp3) is 0.738. The number of unbranched alkanes of at least 4 members (excludes halogenated alkanes) is 14. The number of allylic oxidation sites excluding steroid dienone is 10. The van der Waals surface area contributed by atoms with Gasteiger partial charge in [-0.2, -0.15) is 0 Å². The van der Waals surface area contributed by atoms with Crippen LogP contribution in [-0.2, 0) is 27.9 Å². The molecule has 0 aromatic heterocycles. The first-order chi connectivity index (χ1) is 25.3. The van der Waals surface area contributed by atoms with Crippen molar-refractivity contribution in [1.29, 1.82) is 0 Å². The van der Waals surface area contributed by atoms with Crippen molar-refractivity contribution in [2.45, 2.75) is 167 Å². The number of aliphatic hydroxyl groups is 2. The van der Waals surface area contributed by atoms with Gasteiger partial charge >= 0.3 is 13.8 Å². The number of carbonyl (C=O) groups excluding carboxylic acids is 1. The lowest BCUT2D eigenvalue weighted by molar-refractivity contribution is -0.154. The summed E-state index contributed by atoms with van der Waals surface area (Å²) in [5, 5.41) is 18.3.